The lowest BCUT2D eigenvalue weighted by atomic mass is 10.1. The van der Waals surface area contributed by atoms with Crippen LogP contribution in [0.5, 0.6) is 0 Å². The average molecular weight is 358 g/mol. The maximum absolute atomic E-state index is 13.3. The van der Waals surface area contributed by atoms with Crippen LogP contribution in [-0.2, 0) is 0 Å². The van der Waals surface area contributed by atoms with E-state index >= 15 is 0 Å². The highest BCUT2D eigenvalue weighted by atomic mass is 35.5. The Hall–Kier alpha value is -2.60. The first-order valence-electron chi connectivity index (χ1n) is 8.13. The minimum Gasteiger partial charge on any atom is -0.397 e. The van der Waals surface area contributed by atoms with Crippen LogP contribution >= 0.6 is 11.6 Å². The first-order chi connectivity index (χ1) is 12.1. The van der Waals surface area contributed by atoms with E-state index in [1.54, 1.807) is 6.07 Å². The Morgan fingerprint density at radius 3 is 2.68 bits per heavy atom. The van der Waals surface area contributed by atoms with Crippen molar-refractivity contribution < 1.29 is 4.39 Å². The van der Waals surface area contributed by atoms with Gasteiger partial charge in [-0.15, -0.1) is 0 Å². The first kappa shape index (κ1) is 15.9. The Morgan fingerprint density at radius 1 is 1.12 bits per heavy atom. The summed E-state index contributed by atoms with van der Waals surface area (Å²) in [6, 6.07) is 8.33. The molecule has 0 amide bonds. The number of aromatic nitrogens is 2. The number of nitrogens with two attached hydrogens (primary N) is 1. The van der Waals surface area contributed by atoms with Crippen LogP contribution in [0.4, 0.5) is 27.3 Å². The molecule has 0 radical (unpaired) electrons. The Kier molecular flexibility index (Phi) is 4.05. The van der Waals surface area contributed by atoms with E-state index in [-0.39, 0.29) is 5.02 Å². The van der Waals surface area contributed by atoms with Crippen molar-refractivity contribution in [3.05, 3.63) is 47.5 Å². The van der Waals surface area contributed by atoms with Crippen molar-refractivity contribution in [1.29, 1.82) is 0 Å². The molecule has 3 aromatic rings. The fourth-order valence-corrected chi connectivity index (χ4v) is 3.33. The maximum Gasteiger partial charge on any atom is 0.141 e. The van der Waals surface area contributed by atoms with E-state index in [1.807, 2.05) is 12.1 Å². The van der Waals surface area contributed by atoms with Crippen LogP contribution in [0, 0.1) is 5.82 Å². The number of nitrogens with zero attached hydrogens (tertiary/aromatic N) is 3. The van der Waals surface area contributed by atoms with E-state index in [2.05, 4.69) is 20.2 Å². The van der Waals surface area contributed by atoms with Gasteiger partial charge in [0.2, 0.25) is 0 Å². The van der Waals surface area contributed by atoms with E-state index in [4.69, 9.17) is 17.3 Å². The molecule has 3 N–H and O–H groups in total. The van der Waals surface area contributed by atoms with Gasteiger partial charge in [0, 0.05) is 24.2 Å². The molecule has 0 aliphatic carbocycles. The molecule has 0 spiro atoms. The number of halogens is 2. The summed E-state index contributed by atoms with van der Waals surface area (Å²) in [5.74, 6) is 0.145. The van der Waals surface area contributed by atoms with Gasteiger partial charge >= 0.3 is 0 Å². The molecule has 0 atom stereocenters. The molecular formula is C18H17ClFN5. The number of nitrogen functional groups attached to an aromatic ring is 1. The summed E-state index contributed by atoms with van der Waals surface area (Å²) in [5, 5.41) is 4.02. The fourth-order valence-electron chi connectivity index (χ4n) is 3.15. The van der Waals surface area contributed by atoms with Gasteiger partial charge in [-0.25, -0.2) is 14.4 Å². The molecule has 2 aromatic carbocycles. The van der Waals surface area contributed by atoms with Gasteiger partial charge in [-0.3, -0.25) is 0 Å². The predicted molar refractivity (Wildman–Crippen MR) is 100 cm³/mol. The zero-order valence-electron chi connectivity index (χ0n) is 13.5. The van der Waals surface area contributed by atoms with Crippen molar-refractivity contribution in [1.82, 2.24) is 9.97 Å². The molecule has 1 fully saturated rings. The molecule has 4 rings (SSSR count). The standard InChI is InChI=1S/C18H17ClFN5/c19-13-7-11(3-4-14(13)20)24-18-12-8-15(21)17(25-5-1-2-6-25)9-16(12)22-10-23-18/h3-4,7-10H,1-2,5-6,21H2,(H,22,23,24). The topological polar surface area (TPSA) is 67.1 Å². The SMILES string of the molecule is Nc1cc2c(Nc3ccc(F)c(Cl)c3)ncnc2cc1N1CCCC1. The third-order valence-corrected chi connectivity index (χ3v) is 4.70. The molecule has 5 nitrogen and oxygen atoms in total. The summed E-state index contributed by atoms with van der Waals surface area (Å²) in [6.07, 6.45) is 3.86. The Bertz CT molecular complexity index is 940. The van der Waals surface area contributed by atoms with Crippen LogP contribution in [0.25, 0.3) is 10.9 Å². The molecule has 128 valence electrons. The number of fused-ring (bicyclic) bond motifs is 1. The largest absolute Gasteiger partial charge is 0.397 e. The molecule has 1 aromatic heterocycles. The van der Waals surface area contributed by atoms with Gasteiger partial charge in [-0.2, -0.15) is 0 Å². The van der Waals surface area contributed by atoms with Crippen LogP contribution in [0.2, 0.25) is 5.02 Å². The average Bonchev–Trinajstić information content (AvgIpc) is 3.12. The highest BCUT2D eigenvalue weighted by Crippen LogP contribution is 2.33. The van der Waals surface area contributed by atoms with Crippen LogP contribution in [0.1, 0.15) is 12.8 Å². The molecule has 1 saturated heterocycles. The first-order valence-corrected chi connectivity index (χ1v) is 8.51. The van der Waals surface area contributed by atoms with Gasteiger partial charge < -0.3 is 16.0 Å². The minimum absolute atomic E-state index is 0.0548. The Labute approximate surface area is 149 Å². The van der Waals surface area contributed by atoms with Crippen LogP contribution in [0.3, 0.4) is 0 Å². The second-order valence-electron chi connectivity index (χ2n) is 6.10. The highest BCUT2D eigenvalue weighted by molar-refractivity contribution is 6.31. The van der Waals surface area contributed by atoms with Crippen molar-refractivity contribution in [2.24, 2.45) is 0 Å². The van der Waals surface area contributed by atoms with Gasteiger partial charge in [-0.05, 0) is 43.2 Å². The lowest BCUT2D eigenvalue weighted by Gasteiger charge is -2.20. The molecule has 7 heteroatoms. The number of benzene rings is 2. The Balaban J connectivity index is 1.74. The van der Waals surface area contributed by atoms with E-state index in [1.165, 1.54) is 31.3 Å². The normalized spacial score (nSPS) is 14.2. The lowest BCUT2D eigenvalue weighted by Crippen LogP contribution is -2.19. The van der Waals surface area contributed by atoms with Gasteiger partial charge in [-0.1, -0.05) is 11.6 Å². The predicted octanol–water partition coefficient (Wildman–Crippen LogP) is 4.35. The molecule has 0 saturated carbocycles. The van der Waals surface area contributed by atoms with Gasteiger partial charge in [0.25, 0.3) is 0 Å². The summed E-state index contributed by atoms with van der Waals surface area (Å²) < 4.78 is 13.3. The molecule has 1 aliphatic rings. The van der Waals surface area contributed by atoms with E-state index in [9.17, 15) is 4.39 Å². The van der Waals surface area contributed by atoms with Gasteiger partial charge in [0.15, 0.2) is 0 Å². The molecule has 0 unspecified atom stereocenters. The number of hydrogen-bond donors (Lipinski definition) is 2. The zero-order valence-corrected chi connectivity index (χ0v) is 14.2. The summed E-state index contributed by atoms with van der Waals surface area (Å²) in [7, 11) is 0. The summed E-state index contributed by atoms with van der Waals surface area (Å²) in [4.78, 5) is 10.9. The molecular weight excluding hydrogens is 341 g/mol. The van der Waals surface area contributed by atoms with E-state index in [0.717, 1.165) is 29.7 Å². The minimum atomic E-state index is -0.459. The monoisotopic (exact) mass is 357 g/mol. The second-order valence-corrected chi connectivity index (χ2v) is 6.51. The van der Waals surface area contributed by atoms with Crippen LogP contribution < -0.4 is 16.0 Å². The molecule has 2 heterocycles. The molecule has 0 bridgehead atoms. The van der Waals surface area contributed by atoms with Gasteiger partial charge in [0.05, 0.1) is 21.9 Å². The molecule has 25 heavy (non-hydrogen) atoms. The number of anilines is 4. The zero-order chi connectivity index (χ0) is 17.4. The Morgan fingerprint density at radius 2 is 1.92 bits per heavy atom. The summed E-state index contributed by atoms with van der Waals surface area (Å²) in [5.41, 5.74) is 9.44. The smallest absolute Gasteiger partial charge is 0.141 e. The maximum atomic E-state index is 13.3. The van der Waals surface area contributed by atoms with E-state index in [0.29, 0.717) is 17.2 Å². The highest BCUT2D eigenvalue weighted by Gasteiger charge is 2.17. The van der Waals surface area contributed by atoms with Crippen LogP contribution in [0.15, 0.2) is 36.7 Å². The fraction of sp³-hybridized carbons (Fsp3) is 0.222. The molecule has 1 aliphatic heterocycles. The van der Waals surface area contributed by atoms with E-state index < -0.39 is 5.82 Å². The third kappa shape index (κ3) is 3.05. The summed E-state index contributed by atoms with van der Waals surface area (Å²) >= 11 is 5.84. The van der Waals surface area contributed by atoms with Gasteiger partial charge in [0.1, 0.15) is 18.0 Å². The van der Waals surface area contributed by atoms with Crippen molar-refractivity contribution in [2.45, 2.75) is 12.8 Å². The lowest BCUT2D eigenvalue weighted by molar-refractivity contribution is 0.628. The van der Waals surface area contributed by atoms with Crippen molar-refractivity contribution >= 4 is 45.4 Å². The van der Waals surface area contributed by atoms with Crippen LogP contribution in [-0.4, -0.2) is 23.1 Å². The summed E-state index contributed by atoms with van der Waals surface area (Å²) in [6.45, 7) is 2.03. The number of rotatable bonds is 3. The second kappa shape index (κ2) is 6.37. The number of hydrogen-bond acceptors (Lipinski definition) is 5. The quantitative estimate of drug-likeness (QED) is 0.682. The number of nitrogens with one attached hydrogen (secondary N) is 1. The third-order valence-electron chi connectivity index (χ3n) is 4.41. The van der Waals surface area contributed by atoms with Crippen molar-refractivity contribution in [3.8, 4) is 0 Å². The van der Waals surface area contributed by atoms with Crippen molar-refractivity contribution in [2.75, 3.05) is 29.0 Å². The van der Waals surface area contributed by atoms with Crippen molar-refractivity contribution in [3.63, 3.8) is 0 Å².